The van der Waals surface area contributed by atoms with Gasteiger partial charge in [-0.3, -0.25) is 0 Å². The molecule has 0 amide bonds. The highest BCUT2D eigenvalue weighted by Gasteiger charge is 2.08. The minimum Gasteiger partial charge on any atom is -0.497 e. The van der Waals surface area contributed by atoms with Crippen molar-refractivity contribution in [2.24, 2.45) is 0 Å². The van der Waals surface area contributed by atoms with Gasteiger partial charge in [0.25, 0.3) is 0 Å². The maximum Gasteiger partial charge on any atom is 0.335 e. The van der Waals surface area contributed by atoms with Gasteiger partial charge >= 0.3 is 5.97 Å². The van der Waals surface area contributed by atoms with Crippen LogP contribution in [0.5, 0.6) is 5.75 Å². The lowest BCUT2D eigenvalue weighted by molar-refractivity contribution is 0.0697. The number of carbonyl (C=O) groups is 1. The van der Waals surface area contributed by atoms with Crippen molar-refractivity contribution in [2.45, 2.75) is 0 Å². The maximum absolute atomic E-state index is 11.0. The number of hydrogen-bond donors (Lipinski definition) is 3. The molecule has 0 aliphatic rings. The van der Waals surface area contributed by atoms with Crippen LogP contribution in [0.25, 0.3) is 0 Å². The van der Waals surface area contributed by atoms with Crippen LogP contribution in [0.2, 0.25) is 5.02 Å². The van der Waals surface area contributed by atoms with E-state index in [1.165, 1.54) is 18.2 Å². The molecule has 0 bridgehead atoms. The highest BCUT2D eigenvalue weighted by atomic mass is 35.5. The number of anilines is 2. The summed E-state index contributed by atoms with van der Waals surface area (Å²) in [6.45, 7) is 0. The molecule has 2 rings (SSSR count). The number of thiocarbonyl (C=S) groups is 1. The van der Waals surface area contributed by atoms with Gasteiger partial charge in [0.1, 0.15) is 5.75 Å². The van der Waals surface area contributed by atoms with E-state index in [4.69, 9.17) is 33.7 Å². The molecule has 114 valence electrons. The molecule has 0 fully saturated rings. The first kappa shape index (κ1) is 16.1. The minimum absolute atomic E-state index is 0.124. The molecule has 0 heterocycles. The fourth-order valence-corrected chi connectivity index (χ4v) is 2.11. The average molecular weight is 337 g/mol. The van der Waals surface area contributed by atoms with Crippen molar-refractivity contribution < 1.29 is 14.6 Å². The minimum atomic E-state index is -1.03. The zero-order chi connectivity index (χ0) is 16.1. The molecular formula is C15H13ClN2O3S. The molecule has 2 aromatic rings. The molecular weight excluding hydrogens is 324 g/mol. The first-order valence-corrected chi connectivity index (χ1v) is 7.03. The molecule has 0 saturated carbocycles. The summed E-state index contributed by atoms with van der Waals surface area (Å²) in [5, 5.41) is 15.5. The molecule has 22 heavy (non-hydrogen) atoms. The summed E-state index contributed by atoms with van der Waals surface area (Å²) in [5.74, 6) is -0.296. The number of halogens is 1. The number of benzene rings is 2. The monoisotopic (exact) mass is 336 g/mol. The van der Waals surface area contributed by atoms with Gasteiger partial charge in [-0.2, -0.15) is 0 Å². The van der Waals surface area contributed by atoms with Crippen molar-refractivity contribution in [3.63, 3.8) is 0 Å². The standard InChI is InChI=1S/C15H13ClN2O3S/c1-21-11-5-3-10(4-6-11)17-15(22)18-13-8-9(14(19)20)2-7-12(13)16/h2-8H,1H3,(H,19,20)(H2,17,18,22). The Morgan fingerprint density at radius 1 is 1.18 bits per heavy atom. The Morgan fingerprint density at radius 2 is 1.86 bits per heavy atom. The average Bonchev–Trinajstić information content (AvgIpc) is 2.50. The van der Waals surface area contributed by atoms with E-state index in [0.717, 1.165) is 11.4 Å². The van der Waals surface area contributed by atoms with Gasteiger partial charge in [0, 0.05) is 5.69 Å². The van der Waals surface area contributed by atoms with E-state index in [0.29, 0.717) is 15.8 Å². The lowest BCUT2D eigenvalue weighted by Crippen LogP contribution is -2.19. The molecule has 0 aliphatic heterocycles. The van der Waals surface area contributed by atoms with Crippen molar-refractivity contribution in [1.82, 2.24) is 0 Å². The van der Waals surface area contributed by atoms with E-state index < -0.39 is 5.97 Å². The lowest BCUT2D eigenvalue weighted by Gasteiger charge is -2.12. The van der Waals surface area contributed by atoms with Crippen molar-refractivity contribution in [1.29, 1.82) is 0 Å². The number of nitrogens with one attached hydrogen (secondary N) is 2. The van der Waals surface area contributed by atoms with E-state index in [2.05, 4.69) is 10.6 Å². The largest absolute Gasteiger partial charge is 0.497 e. The van der Waals surface area contributed by atoms with E-state index in [1.807, 2.05) is 12.1 Å². The topological polar surface area (TPSA) is 70.6 Å². The van der Waals surface area contributed by atoms with Crippen molar-refractivity contribution in [3.8, 4) is 5.75 Å². The van der Waals surface area contributed by atoms with Crippen LogP contribution in [0, 0.1) is 0 Å². The summed E-state index contributed by atoms with van der Waals surface area (Å²) in [7, 11) is 1.59. The van der Waals surface area contributed by atoms with Crippen molar-refractivity contribution >= 4 is 46.3 Å². The number of hydrogen-bond acceptors (Lipinski definition) is 3. The molecule has 0 saturated heterocycles. The summed E-state index contributed by atoms with van der Waals surface area (Å²) in [6.07, 6.45) is 0. The quantitative estimate of drug-likeness (QED) is 0.737. The van der Waals surface area contributed by atoms with Gasteiger partial charge in [-0.1, -0.05) is 11.6 Å². The Hall–Kier alpha value is -2.31. The first-order valence-electron chi connectivity index (χ1n) is 6.24. The predicted molar refractivity (Wildman–Crippen MR) is 91.2 cm³/mol. The number of carboxylic acid groups (broad SMARTS) is 1. The third-order valence-electron chi connectivity index (χ3n) is 2.81. The van der Waals surface area contributed by atoms with Crippen LogP contribution in [0.4, 0.5) is 11.4 Å². The molecule has 0 spiro atoms. The van der Waals surface area contributed by atoms with Gasteiger partial charge in [0.2, 0.25) is 0 Å². The molecule has 0 radical (unpaired) electrons. The highest BCUT2D eigenvalue weighted by molar-refractivity contribution is 7.80. The Bertz CT molecular complexity index is 704. The number of rotatable bonds is 4. The fraction of sp³-hybridized carbons (Fsp3) is 0.0667. The molecule has 0 aliphatic carbocycles. The predicted octanol–water partition coefficient (Wildman–Crippen LogP) is 3.86. The van der Waals surface area contributed by atoms with Crippen LogP contribution in [0.15, 0.2) is 42.5 Å². The number of aromatic carboxylic acids is 1. The first-order chi connectivity index (χ1) is 10.5. The molecule has 0 atom stereocenters. The molecule has 7 heteroatoms. The lowest BCUT2D eigenvalue weighted by atomic mass is 10.2. The Kier molecular flexibility index (Phi) is 5.19. The van der Waals surface area contributed by atoms with Gasteiger partial charge in [-0.25, -0.2) is 4.79 Å². The molecule has 0 aromatic heterocycles. The molecule has 3 N–H and O–H groups in total. The Labute approximate surface area is 137 Å². The van der Waals surface area contributed by atoms with Gasteiger partial charge in [0.05, 0.1) is 23.4 Å². The summed E-state index contributed by atoms with van der Waals surface area (Å²) in [6, 6.07) is 11.6. The summed E-state index contributed by atoms with van der Waals surface area (Å²) in [4.78, 5) is 11.0. The van der Waals surface area contributed by atoms with E-state index in [9.17, 15) is 4.79 Å². The second-order valence-corrected chi connectivity index (χ2v) is 5.12. The second kappa shape index (κ2) is 7.11. The SMILES string of the molecule is COc1ccc(NC(=S)Nc2cc(C(=O)O)ccc2Cl)cc1. The number of methoxy groups -OCH3 is 1. The molecule has 2 aromatic carbocycles. The van der Waals surface area contributed by atoms with E-state index >= 15 is 0 Å². The molecule has 5 nitrogen and oxygen atoms in total. The smallest absolute Gasteiger partial charge is 0.335 e. The van der Waals surface area contributed by atoms with Gasteiger partial charge in [0.15, 0.2) is 5.11 Å². The fourth-order valence-electron chi connectivity index (χ4n) is 1.71. The third-order valence-corrected chi connectivity index (χ3v) is 3.34. The summed E-state index contributed by atoms with van der Waals surface area (Å²) in [5.41, 5.74) is 1.32. The maximum atomic E-state index is 11.0. The number of ether oxygens (including phenoxy) is 1. The Balaban J connectivity index is 2.08. The van der Waals surface area contributed by atoms with Gasteiger partial charge < -0.3 is 20.5 Å². The third kappa shape index (κ3) is 4.09. The van der Waals surface area contributed by atoms with Crippen molar-refractivity contribution in [3.05, 3.63) is 53.1 Å². The summed E-state index contributed by atoms with van der Waals surface area (Å²) < 4.78 is 5.07. The van der Waals surface area contributed by atoms with Crippen LogP contribution in [0.3, 0.4) is 0 Å². The van der Waals surface area contributed by atoms with E-state index in [1.54, 1.807) is 19.2 Å². The Morgan fingerprint density at radius 3 is 2.45 bits per heavy atom. The van der Waals surface area contributed by atoms with Crippen LogP contribution in [-0.4, -0.2) is 23.3 Å². The zero-order valence-electron chi connectivity index (χ0n) is 11.6. The van der Waals surface area contributed by atoms with Crippen LogP contribution in [0.1, 0.15) is 10.4 Å². The summed E-state index contributed by atoms with van der Waals surface area (Å²) >= 11 is 11.2. The van der Waals surface area contributed by atoms with Crippen LogP contribution >= 0.6 is 23.8 Å². The zero-order valence-corrected chi connectivity index (χ0v) is 13.2. The van der Waals surface area contributed by atoms with Gasteiger partial charge in [-0.15, -0.1) is 0 Å². The second-order valence-electron chi connectivity index (χ2n) is 4.31. The highest BCUT2D eigenvalue weighted by Crippen LogP contribution is 2.23. The van der Waals surface area contributed by atoms with Crippen molar-refractivity contribution in [2.75, 3.05) is 17.7 Å². The number of carboxylic acids is 1. The normalized spacial score (nSPS) is 9.91. The van der Waals surface area contributed by atoms with Gasteiger partial charge in [-0.05, 0) is 54.7 Å². The van der Waals surface area contributed by atoms with E-state index in [-0.39, 0.29) is 5.56 Å². The van der Waals surface area contributed by atoms with Crippen LogP contribution < -0.4 is 15.4 Å². The molecule has 0 unspecified atom stereocenters. The van der Waals surface area contributed by atoms with Crippen LogP contribution in [-0.2, 0) is 0 Å².